The summed E-state index contributed by atoms with van der Waals surface area (Å²) in [5, 5.41) is 3.23. The van der Waals surface area contributed by atoms with Gasteiger partial charge in [0, 0.05) is 32.7 Å². The van der Waals surface area contributed by atoms with Gasteiger partial charge in [0.1, 0.15) is 0 Å². The Morgan fingerprint density at radius 2 is 2.00 bits per heavy atom. The van der Waals surface area contributed by atoms with Crippen molar-refractivity contribution in [1.82, 2.24) is 15.1 Å². The minimum Gasteiger partial charge on any atom is -0.325 e. The average Bonchev–Trinajstić information content (AvgIpc) is 2.23. The van der Waals surface area contributed by atoms with Gasteiger partial charge < -0.3 is 15.1 Å². The molecular weight excluding hydrogens is 202 g/mol. The minimum atomic E-state index is 0.251. The summed E-state index contributed by atoms with van der Waals surface area (Å²) in [5.74, 6) is 0.782. The zero-order valence-electron chi connectivity index (χ0n) is 10.4. The van der Waals surface area contributed by atoms with Crippen LogP contribution < -0.4 is 5.32 Å². The molecule has 2 rings (SSSR count). The predicted octanol–water partition coefficient (Wildman–Crippen LogP) is 1.13. The molecule has 2 aliphatic rings. The van der Waals surface area contributed by atoms with Crippen molar-refractivity contribution in [3.63, 3.8) is 0 Å². The molecule has 2 amide bonds. The third-order valence-electron chi connectivity index (χ3n) is 3.84. The van der Waals surface area contributed by atoms with Crippen LogP contribution in [0.15, 0.2) is 0 Å². The number of likely N-dealkylation sites (N-methyl/N-ethyl adjacent to an activating group) is 1. The zero-order chi connectivity index (χ0) is 11.5. The van der Waals surface area contributed by atoms with Gasteiger partial charge in [0.2, 0.25) is 0 Å². The molecule has 0 bridgehead atoms. The van der Waals surface area contributed by atoms with Crippen molar-refractivity contribution in [1.29, 1.82) is 0 Å². The predicted molar refractivity (Wildman–Crippen MR) is 64.4 cm³/mol. The molecule has 16 heavy (non-hydrogen) atoms. The molecule has 2 heterocycles. The van der Waals surface area contributed by atoms with Gasteiger partial charge in [-0.1, -0.05) is 6.92 Å². The fourth-order valence-electron chi connectivity index (χ4n) is 2.42. The molecule has 0 aromatic heterocycles. The summed E-state index contributed by atoms with van der Waals surface area (Å²) >= 11 is 0. The van der Waals surface area contributed by atoms with Crippen molar-refractivity contribution >= 4 is 6.03 Å². The number of hydrogen-bond acceptors (Lipinski definition) is 2. The zero-order valence-corrected chi connectivity index (χ0v) is 10.4. The molecule has 1 N–H and O–H groups in total. The van der Waals surface area contributed by atoms with E-state index in [1.165, 1.54) is 0 Å². The maximum atomic E-state index is 12.3. The normalized spacial score (nSPS) is 23.0. The average molecular weight is 225 g/mol. The smallest absolute Gasteiger partial charge is 0.320 e. The Morgan fingerprint density at radius 3 is 2.44 bits per heavy atom. The molecule has 92 valence electrons. The van der Waals surface area contributed by atoms with Crippen molar-refractivity contribution in [2.75, 3.05) is 32.7 Å². The van der Waals surface area contributed by atoms with Crippen LogP contribution in [0.25, 0.3) is 0 Å². The van der Waals surface area contributed by atoms with E-state index in [4.69, 9.17) is 0 Å². The first-order valence-corrected chi connectivity index (χ1v) is 6.48. The topological polar surface area (TPSA) is 35.6 Å². The highest BCUT2D eigenvalue weighted by molar-refractivity contribution is 5.75. The summed E-state index contributed by atoms with van der Waals surface area (Å²) < 4.78 is 0. The fraction of sp³-hybridized carbons (Fsp3) is 0.917. The largest absolute Gasteiger partial charge is 0.325 e. The Labute approximate surface area is 98.0 Å². The molecule has 0 aromatic carbocycles. The summed E-state index contributed by atoms with van der Waals surface area (Å²) in [6.07, 6.45) is 2.32. The van der Waals surface area contributed by atoms with Crippen LogP contribution in [0, 0.1) is 5.92 Å². The molecule has 0 unspecified atom stereocenters. The molecule has 0 saturated carbocycles. The first kappa shape index (κ1) is 11.7. The van der Waals surface area contributed by atoms with E-state index in [-0.39, 0.29) is 6.03 Å². The van der Waals surface area contributed by atoms with E-state index in [0.29, 0.717) is 6.04 Å². The van der Waals surface area contributed by atoms with E-state index in [2.05, 4.69) is 19.2 Å². The standard InChI is InChI=1S/C12H23N3O/c1-3-15(11-8-13-9-11)12(16)14-6-4-10(2)5-7-14/h10-11,13H,3-9H2,1-2H3. The SMILES string of the molecule is CCN(C(=O)N1CCC(C)CC1)C1CNC1. The Balaban J connectivity index is 1.89. The van der Waals surface area contributed by atoms with Gasteiger partial charge in [-0.05, 0) is 25.7 Å². The van der Waals surface area contributed by atoms with Gasteiger partial charge in [-0.3, -0.25) is 0 Å². The maximum absolute atomic E-state index is 12.3. The second-order valence-corrected chi connectivity index (χ2v) is 5.05. The summed E-state index contributed by atoms with van der Waals surface area (Å²) in [5.41, 5.74) is 0. The first-order valence-electron chi connectivity index (χ1n) is 6.48. The van der Waals surface area contributed by atoms with E-state index in [0.717, 1.165) is 51.5 Å². The van der Waals surface area contributed by atoms with Crippen LogP contribution >= 0.6 is 0 Å². The highest BCUT2D eigenvalue weighted by Crippen LogP contribution is 2.18. The van der Waals surface area contributed by atoms with E-state index in [1.807, 2.05) is 9.80 Å². The lowest BCUT2D eigenvalue weighted by atomic mass is 9.99. The van der Waals surface area contributed by atoms with Crippen LogP contribution in [0.4, 0.5) is 4.79 Å². The van der Waals surface area contributed by atoms with Gasteiger partial charge in [-0.25, -0.2) is 4.79 Å². The summed E-state index contributed by atoms with van der Waals surface area (Å²) in [6, 6.07) is 0.678. The number of piperidine rings is 1. The fourth-order valence-corrected chi connectivity index (χ4v) is 2.42. The number of likely N-dealkylation sites (tertiary alicyclic amines) is 1. The second kappa shape index (κ2) is 5.04. The van der Waals surface area contributed by atoms with Gasteiger partial charge in [0.15, 0.2) is 0 Å². The van der Waals surface area contributed by atoms with E-state index in [1.54, 1.807) is 0 Å². The number of nitrogens with zero attached hydrogens (tertiary/aromatic N) is 2. The number of carbonyl (C=O) groups excluding carboxylic acids is 1. The van der Waals surface area contributed by atoms with Gasteiger partial charge in [0.25, 0.3) is 0 Å². The van der Waals surface area contributed by atoms with Crippen LogP contribution in [-0.4, -0.2) is 54.6 Å². The maximum Gasteiger partial charge on any atom is 0.320 e. The van der Waals surface area contributed by atoms with Crippen molar-refractivity contribution in [2.45, 2.75) is 32.7 Å². The Kier molecular flexibility index (Phi) is 3.69. The molecule has 0 atom stereocenters. The second-order valence-electron chi connectivity index (χ2n) is 5.05. The quantitative estimate of drug-likeness (QED) is 0.765. The molecule has 2 aliphatic heterocycles. The van der Waals surface area contributed by atoms with Gasteiger partial charge >= 0.3 is 6.03 Å². The van der Waals surface area contributed by atoms with Crippen molar-refractivity contribution in [3.8, 4) is 0 Å². The number of hydrogen-bond donors (Lipinski definition) is 1. The number of urea groups is 1. The number of nitrogens with one attached hydrogen (secondary N) is 1. The highest BCUT2D eigenvalue weighted by Gasteiger charge is 2.31. The monoisotopic (exact) mass is 225 g/mol. The van der Waals surface area contributed by atoms with E-state index >= 15 is 0 Å². The van der Waals surface area contributed by atoms with Crippen molar-refractivity contribution in [2.24, 2.45) is 5.92 Å². The third kappa shape index (κ3) is 2.32. The van der Waals surface area contributed by atoms with E-state index < -0.39 is 0 Å². The molecule has 0 aliphatic carbocycles. The van der Waals surface area contributed by atoms with Crippen LogP contribution in [0.5, 0.6) is 0 Å². The lowest BCUT2D eigenvalue weighted by Crippen LogP contribution is -2.61. The summed E-state index contributed by atoms with van der Waals surface area (Å²) in [4.78, 5) is 16.3. The van der Waals surface area contributed by atoms with Crippen LogP contribution in [-0.2, 0) is 0 Å². The molecular formula is C12H23N3O. The molecule has 0 spiro atoms. The molecule has 2 saturated heterocycles. The summed E-state index contributed by atoms with van der Waals surface area (Å²) in [6.45, 7) is 8.98. The molecule has 4 heteroatoms. The van der Waals surface area contributed by atoms with E-state index in [9.17, 15) is 4.79 Å². The summed E-state index contributed by atoms with van der Waals surface area (Å²) in [7, 11) is 0. The number of amides is 2. The van der Waals surface area contributed by atoms with Gasteiger partial charge in [0.05, 0.1) is 6.04 Å². The minimum absolute atomic E-state index is 0.251. The van der Waals surface area contributed by atoms with Gasteiger partial charge in [-0.15, -0.1) is 0 Å². The Bertz CT molecular complexity index is 245. The van der Waals surface area contributed by atoms with Crippen molar-refractivity contribution < 1.29 is 4.79 Å². The first-order chi connectivity index (χ1) is 7.72. The Morgan fingerprint density at radius 1 is 1.38 bits per heavy atom. The highest BCUT2D eigenvalue weighted by atomic mass is 16.2. The van der Waals surface area contributed by atoms with Crippen LogP contribution in [0.1, 0.15) is 26.7 Å². The number of rotatable bonds is 2. The van der Waals surface area contributed by atoms with Crippen LogP contribution in [0.2, 0.25) is 0 Å². The molecule has 2 fully saturated rings. The van der Waals surface area contributed by atoms with Gasteiger partial charge in [-0.2, -0.15) is 0 Å². The Hall–Kier alpha value is -0.770. The number of carbonyl (C=O) groups is 1. The van der Waals surface area contributed by atoms with Crippen molar-refractivity contribution in [3.05, 3.63) is 0 Å². The lowest BCUT2D eigenvalue weighted by Gasteiger charge is -2.41. The lowest BCUT2D eigenvalue weighted by molar-refractivity contribution is 0.106. The molecule has 0 aromatic rings. The van der Waals surface area contributed by atoms with Crippen LogP contribution in [0.3, 0.4) is 0 Å². The molecule has 0 radical (unpaired) electrons. The molecule has 4 nitrogen and oxygen atoms in total. The third-order valence-corrected chi connectivity index (χ3v) is 3.84.